The Morgan fingerprint density at radius 3 is 2.65 bits per heavy atom. The topological polar surface area (TPSA) is 17.3 Å². The molecule has 0 aliphatic rings. The molecular formula is C13H8BrClN2. The predicted octanol–water partition coefficient (Wildman–Crippen LogP) is 4.42. The highest BCUT2D eigenvalue weighted by Crippen LogP contribution is 2.23. The first-order valence-corrected chi connectivity index (χ1v) is 6.30. The summed E-state index contributed by atoms with van der Waals surface area (Å²) in [5.74, 6) is 0.921. The summed E-state index contributed by atoms with van der Waals surface area (Å²) in [5.41, 5.74) is 2.11. The minimum absolute atomic E-state index is 0.734. The van der Waals surface area contributed by atoms with Gasteiger partial charge in [0.05, 0.1) is 11.7 Å². The standard InChI is InChI=1S/C13H8BrClN2/c14-10-5-6-17-12(7-10)8-16-13(17)9-1-3-11(15)4-2-9/h1-8H. The minimum atomic E-state index is 0.734. The van der Waals surface area contributed by atoms with Gasteiger partial charge in [-0.25, -0.2) is 4.98 Å². The molecule has 1 aromatic carbocycles. The van der Waals surface area contributed by atoms with E-state index in [1.807, 2.05) is 53.2 Å². The summed E-state index contributed by atoms with van der Waals surface area (Å²) in [6, 6.07) is 11.7. The predicted molar refractivity (Wildman–Crippen MR) is 73.3 cm³/mol. The average molecular weight is 308 g/mol. The van der Waals surface area contributed by atoms with E-state index < -0.39 is 0 Å². The van der Waals surface area contributed by atoms with Gasteiger partial charge in [0.1, 0.15) is 5.82 Å². The van der Waals surface area contributed by atoms with Crippen LogP contribution in [0.1, 0.15) is 0 Å². The molecule has 2 heterocycles. The summed E-state index contributed by atoms with van der Waals surface area (Å²) in [6.07, 6.45) is 3.85. The van der Waals surface area contributed by atoms with E-state index in [9.17, 15) is 0 Å². The average Bonchev–Trinajstić information content (AvgIpc) is 2.73. The van der Waals surface area contributed by atoms with Crippen molar-refractivity contribution in [3.63, 3.8) is 0 Å². The normalized spacial score (nSPS) is 10.9. The number of imidazole rings is 1. The van der Waals surface area contributed by atoms with Crippen LogP contribution in [0.5, 0.6) is 0 Å². The second-order valence-electron chi connectivity index (χ2n) is 3.73. The van der Waals surface area contributed by atoms with E-state index in [-0.39, 0.29) is 0 Å². The summed E-state index contributed by atoms with van der Waals surface area (Å²) in [6.45, 7) is 0. The first-order chi connectivity index (χ1) is 8.24. The molecule has 4 heteroatoms. The van der Waals surface area contributed by atoms with E-state index in [0.717, 1.165) is 26.4 Å². The zero-order chi connectivity index (χ0) is 11.8. The van der Waals surface area contributed by atoms with Gasteiger partial charge in [0.2, 0.25) is 0 Å². The molecule has 0 aliphatic heterocycles. The van der Waals surface area contributed by atoms with E-state index in [2.05, 4.69) is 20.9 Å². The van der Waals surface area contributed by atoms with E-state index in [0.29, 0.717) is 0 Å². The van der Waals surface area contributed by atoms with Gasteiger partial charge in [0.15, 0.2) is 0 Å². The number of hydrogen-bond donors (Lipinski definition) is 0. The lowest BCUT2D eigenvalue weighted by Crippen LogP contribution is -1.88. The third-order valence-electron chi connectivity index (χ3n) is 2.60. The molecule has 0 fully saturated rings. The van der Waals surface area contributed by atoms with Crippen LogP contribution in [0.2, 0.25) is 5.02 Å². The number of benzene rings is 1. The Balaban J connectivity index is 2.21. The molecule has 0 unspecified atom stereocenters. The van der Waals surface area contributed by atoms with Gasteiger partial charge in [-0.3, -0.25) is 4.40 Å². The lowest BCUT2D eigenvalue weighted by Gasteiger charge is -2.01. The fourth-order valence-electron chi connectivity index (χ4n) is 1.79. The molecule has 0 N–H and O–H groups in total. The molecular weight excluding hydrogens is 300 g/mol. The largest absolute Gasteiger partial charge is 0.300 e. The van der Waals surface area contributed by atoms with Gasteiger partial charge in [-0.15, -0.1) is 0 Å². The highest BCUT2D eigenvalue weighted by atomic mass is 79.9. The van der Waals surface area contributed by atoms with Crippen LogP contribution in [0, 0.1) is 0 Å². The molecule has 0 spiro atoms. The number of halogens is 2. The number of pyridine rings is 1. The van der Waals surface area contributed by atoms with Crippen LogP contribution >= 0.6 is 27.5 Å². The maximum atomic E-state index is 5.88. The summed E-state index contributed by atoms with van der Waals surface area (Å²) in [7, 11) is 0. The molecule has 0 radical (unpaired) electrons. The van der Waals surface area contributed by atoms with Gasteiger partial charge in [-0.2, -0.15) is 0 Å². The first kappa shape index (κ1) is 10.8. The van der Waals surface area contributed by atoms with Crippen molar-refractivity contribution in [2.45, 2.75) is 0 Å². The maximum Gasteiger partial charge on any atom is 0.144 e. The van der Waals surface area contributed by atoms with Crippen molar-refractivity contribution in [1.82, 2.24) is 9.38 Å². The second-order valence-corrected chi connectivity index (χ2v) is 5.08. The third-order valence-corrected chi connectivity index (χ3v) is 3.34. The van der Waals surface area contributed by atoms with Crippen molar-refractivity contribution in [3.05, 3.63) is 58.3 Å². The van der Waals surface area contributed by atoms with Crippen molar-refractivity contribution in [3.8, 4) is 11.4 Å². The molecule has 0 amide bonds. The van der Waals surface area contributed by atoms with Crippen LogP contribution in [-0.2, 0) is 0 Å². The van der Waals surface area contributed by atoms with E-state index in [4.69, 9.17) is 11.6 Å². The molecule has 3 rings (SSSR count). The molecule has 0 saturated heterocycles. The molecule has 0 atom stereocenters. The van der Waals surface area contributed by atoms with Crippen LogP contribution < -0.4 is 0 Å². The van der Waals surface area contributed by atoms with Crippen molar-refractivity contribution in [2.75, 3.05) is 0 Å². The molecule has 3 aromatic rings. The Morgan fingerprint density at radius 1 is 1.12 bits per heavy atom. The molecule has 0 saturated carbocycles. The van der Waals surface area contributed by atoms with E-state index in [1.54, 1.807) is 0 Å². The fraction of sp³-hybridized carbons (Fsp3) is 0. The Labute approximate surface area is 112 Å². The van der Waals surface area contributed by atoms with Crippen LogP contribution in [0.15, 0.2) is 53.3 Å². The smallest absolute Gasteiger partial charge is 0.144 e. The molecule has 17 heavy (non-hydrogen) atoms. The third kappa shape index (κ3) is 1.96. The monoisotopic (exact) mass is 306 g/mol. The molecule has 2 aromatic heterocycles. The Kier molecular flexibility index (Phi) is 2.65. The lowest BCUT2D eigenvalue weighted by atomic mass is 10.2. The highest BCUT2D eigenvalue weighted by Gasteiger charge is 2.05. The fourth-order valence-corrected chi connectivity index (χ4v) is 2.26. The lowest BCUT2D eigenvalue weighted by molar-refractivity contribution is 1.16. The quantitative estimate of drug-likeness (QED) is 0.650. The van der Waals surface area contributed by atoms with Crippen LogP contribution in [0.25, 0.3) is 16.9 Å². The van der Waals surface area contributed by atoms with Crippen LogP contribution in [0.3, 0.4) is 0 Å². The number of fused-ring (bicyclic) bond motifs is 1. The van der Waals surface area contributed by atoms with Gasteiger partial charge in [0, 0.05) is 21.3 Å². The number of nitrogens with zero attached hydrogens (tertiary/aromatic N) is 2. The minimum Gasteiger partial charge on any atom is -0.300 e. The van der Waals surface area contributed by atoms with E-state index in [1.165, 1.54) is 0 Å². The molecule has 0 bridgehead atoms. The maximum absolute atomic E-state index is 5.88. The van der Waals surface area contributed by atoms with Gasteiger partial charge >= 0.3 is 0 Å². The number of rotatable bonds is 1. The summed E-state index contributed by atoms with van der Waals surface area (Å²) >= 11 is 9.33. The van der Waals surface area contributed by atoms with Crippen molar-refractivity contribution < 1.29 is 0 Å². The zero-order valence-electron chi connectivity index (χ0n) is 8.77. The summed E-state index contributed by atoms with van der Waals surface area (Å²) < 4.78 is 3.10. The summed E-state index contributed by atoms with van der Waals surface area (Å²) in [5, 5.41) is 0.734. The van der Waals surface area contributed by atoms with Crippen LogP contribution in [0.4, 0.5) is 0 Å². The van der Waals surface area contributed by atoms with Gasteiger partial charge in [-0.1, -0.05) is 27.5 Å². The Morgan fingerprint density at radius 2 is 1.88 bits per heavy atom. The zero-order valence-corrected chi connectivity index (χ0v) is 11.1. The van der Waals surface area contributed by atoms with Gasteiger partial charge in [0.25, 0.3) is 0 Å². The highest BCUT2D eigenvalue weighted by molar-refractivity contribution is 9.10. The van der Waals surface area contributed by atoms with Gasteiger partial charge < -0.3 is 0 Å². The molecule has 0 aliphatic carbocycles. The van der Waals surface area contributed by atoms with Crippen LogP contribution in [-0.4, -0.2) is 9.38 Å². The van der Waals surface area contributed by atoms with E-state index >= 15 is 0 Å². The molecule has 84 valence electrons. The number of aromatic nitrogens is 2. The SMILES string of the molecule is Clc1ccc(-c2ncc3cc(Br)ccn23)cc1. The van der Waals surface area contributed by atoms with Crippen molar-refractivity contribution in [2.24, 2.45) is 0 Å². The van der Waals surface area contributed by atoms with Gasteiger partial charge in [-0.05, 0) is 36.4 Å². The molecule has 2 nitrogen and oxygen atoms in total. The van der Waals surface area contributed by atoms with Crippen molar-refractivity contribution >= 4 is 33.0 Å². The number of hydrogen-bond acceptors (Lipinski definition) is 1. The summed E-state index contributed by atoms with van der Waals surface area (Å²) in [4.78, 5) is 4.44. The Hall–Kier alpha value is -1.32. The Bertz CT molecular complexity index is 673. The first-order valence-electron chi connectivity index (χ1n) is 5.12. The van der Waals surface area contributed by atoms with Crippen molar-refractivity contribution in [1.29, 1.82) is 0 Å². The second kappa shape index (κ2) is 4.17.